The SMILES string of the molecule is CCCC.c1ccc(-c2ccnc(-c3ccccc3)n2)cc1. The first-order valence-electron chi connectivity index (χ1n) is 7.79. The largest absolute Gasteiger partial charge is 0.237 e. The average molecular weight is 290 g/mol. The summed E-state index contributed by atoms with van der Waals surface area (Å²) in [4.78, 5) is 8.93. The van der Waals surface area contributed by atoms with Gasteiger partial charge in [-0.15, -0.1) is 0 Å². The van der Waals surface area contributed by atoms with Crippen LogP contribution in [-0.2, 0) is 0 Å². The van der Waals surface area contributed by atoms with Crippen molar-refractivity contribution in [2.24, 2.45) is 0 Å². The second-order valence-electron chi connectivity index (χ2n) is 5.00. The van der Waals surface area contributed by atoms with Crippen molar-refractivity contribution in [3.05, 3.63) is 72.9 Å². The Bertz CT molecular complexity index is 607. The van der Waals surface area contributed by atoms with Crippen LogP contribution in [0.15, 0.2) is 72.9 Å². The molecule has 3 rings (SSSR count). The van der Waals surface area contributed by atoms with Crippen LogP contribution in [0.25, 0.3) is 22.6 Å². The van der Waals surface area contributed by atoms with Crippen molar-refractivity contribution >= 4 is 0 Å². The molecular weight excluding hydrogens is 268 g/mol. The van der Waals surface area contributed by atoms with Crippen molar-refractivity contribution in [3.63, 3.8) is 0 Å². The van der Waals surface area contributed by atoms with Crippen LogP contribution in [0.4, 0.5) is 0 Å². The van der Waals surface area contributed by atoms with Gasteiger partial charge < -0.3 is 0 Å². The maximum atomic E-state index is 4.60. The lowest BCUT2D eigenvalue weighted by molar-refractivity contribution is 0.886. The van der Waals surface area contributed by atoms with Crippen LogP contribution in [0.2, 0.25) is 0 Å². The van der Waals surface area contributed by atoms with Crippen molar-refractivity contribution in [3.8, 4) is 22.6 Å². The molecule has 112 valence electrons. The van der Waals surface area contributed by atoms with Crippen molar-refractivity contribution in [2.75, 3.05) is 0 Å². The number of benzene rings is 2. The highest BCUT2D eigenvalue weighted by Crippen LogP contribution is 2.20. The van der Waals surface area contributed by atoms with Gasteiger partial charge in [-0.3, -0.25) is 0 Å². The van der Waals surface area contributed by atoms with E-state index in [2.05, 4.69) is 35.9 Å². The van der Waals surface area contributed by atoms with Gasteiger partial charge in [-0.05, 0) is 6.07 Å². The van der Waals surface area contributed by atoms with E-state index < -0.39 is 0 Å². The molecule has 0 aliphatic heterocycles. The van der Waals surface area contributed by atoms with Crippen molar-refractivity contribution < 1.29 is 0 Å². The first kappa shape index (κ1) is 15.9. The minimum absolute atomic E-state index is 0.761. The fourth-order valence-corrected chi connectivity index (χ4v) is 1.85. The molecule has 0 bridgehead atoms. The van der Waals surface area contributed by atoms with Gasteiger partial charge in [0.1, 0.15) is 0 Å². The van der Waals surface area contributed by atoms with E-state index >= 15 is 0 Å². The van der Waals surface area contributed by atoms with Crippen LogP contribution >= 0.6 is 0 Å². The molecule has 0 spiro atoms. The van der Waals surface area contributed by atoms with Crippen molar-refractivity contribution in [2.45, 2.75) is 26.7 Å². The van der Waals surface area contributed by atoms with Crippen LogP contribution in [0.5, 0.6) is 0 Å². The number of nitrogens with zero attached hydrogens (tertiary/aromatic N) is 2. The van der Waals surface area contributed by atoms with Crippen molar-refractivity contribution in [1.29, 1.82) is 0 Å². The molecule has 0 saturated heterocycles. The Hall–Kier alpha value is -2.48. The predicted octanol–water partition coefficient (Wildman–Crippen LogP) is 5.62. The number of unbranched alkanes of at least 4 members (excludes halogenated alkanes) is 1. The van der Waals surface area contributed by atoms with Gasteiger partial charge in [-0.2, -0.15) is 0 Å². The van der Waals surface area contributed by atoms with E-state index in [1.165, 1.54) is 12.8 Å². The molecule has 0 fully saturated rings. The summed E-state index contributed by atoms with van der Waals surface area (Å²) in [6, 6.07) is 22.1. The summed E-state index contributed by atoms with van der Waals surface area (Å²) in [6.45, 7) is 4.36. The van der Waals surface area contributed by atoms with E-state index in [0.717, 1.165) is 22.6 Å². The average Bonchev–Trinajstić information content (AvgIpc) is 2.63. The first-order chi connectivity index (χ1) is 10.8. The molecule has 2 aromatic carbocycles. The Kier molecular flexibility index (Phi) is 6.31. The van der Waals surface area contributed by atoms with Gasteiger partial charge in [0.25, 0.3) is 0 Å². The lowest BCUT2D eigenvalue weighted by Gasteiger charge is -2.03. The van der Waals surface area contributed by atoms with Crippen LogP contribution in [0.3, 0.4) is 0 Å². The Labute approximate surface area is 132 Å². The molecule has 0 N–H and O–H groups in total. The topological polar surface area (TPSA) is 25.8 Å². The molecular formula is C20H22N2. The molecule has 0 radical (unpaired) electrons. The molecule has 3 aromatic rings. The van der Waals surface area contributed by atoms with Gasteiger partial charge >= 0.3 is 0 Å². The van der Waals surface area contributed by atoms with E-state index in [1.54, 1.807) is 6.20 Å². The summed E-state index contributed by atoms with van der Waals surface area (Å²) >= 11 is 0. The highest BCUT2D eigenvalue weighted by molar-refractivity contribution is 5.63. The maximum Gasteiger partial charge on any atom is 0.159 e. The summed E-state index contributed by atoms with van der Waals surface area (Å²) in [5.41, 5.74) is 3.09. The predicted molar refractivity (Wildman–Crippen MR) is 93.5 cm³/mol. The second kappa shape index (κ2) is 8.73. The zero-order valence-electron chi connectivity index (χ0n) is 13.2. The molecule has 0 aliphatic rings. The third-order valence-electron chi connectivity index (χ3n) is 3.26. The highest BCUT2D eigenvalue weighted by atomic mass is 14.9. The van der Waals surface area contributed by atoms with Crippen LogP contribution < -0.4 is 0 Å². The molecule has 2 heteroatoms. The van der Waals surface area contributed by atoms with Crippen LogP contribution in [0, 0.1) is 0 Å². The van der Waals surface area contributed by atoms with E-state index in [-0.39, 0.29) is 0 Å². The molecule has 0 saturated carbocycles. The molecule has 0 unspecified atom stereocenters. The minimum atomic E-state index is 0.761. The summed E-state index contributed by atoms with van der Waals surface area (Å²) < 4.78 is 0. The zero-order valence-corrected chi connectivity index (χ0v) is 13.2. The summed E-state index contributed by atoms with van der Waals surface area (Å²) in [5.74, 6) is 0.761. The molecule has 22 heavy (non-hydrogen) atoms. The quantitative estimate of drug-likeness (QED) is 0.626. The third kappa shape index (κ3) is 4.52. The number of hydrogen-bond acceptors (Lipinski definition) is 2. The van der Waals surface area contributed by atoms with Gasteiger partial charge in [-0.25, -0.2) is 9.97 Å². The summed E-state index contributed by atoms with van der Waals surface area (Å²) in [6.07, 6.45) is 4.44. The van der Waals surface area contributed by atoms with E-state index in [0.29, 0.717) is 0 Å². The van der Waals surface area contributed by atoms with Gasteiger partial charge in [0, 0.05) is 17.3 Å². The van der Waals surface area contributed by atoms with Crippen LogP contribution in [0.1, 0.15) is 26.7 Å². The van der Waals surface area contributed by atoms with E-state index in [9.17, 15) is 0 Å². The maximum absolute atomic E-state index is 4.60. The number of aromatic nitrogens is 2. The molecule has 0 atom stereocenters. The van der Waals surface area contributed by atoms with Gasteiger partial charge in [0.05, 0.1) is 5.69 Å². The summed E-state index contributed by atoms with van der Waals surface area (Å²) in [5, 5.41) is 0. The second-order valence-corrected chi connectivity index (χ2v) is 5.00. The Morgan fingerprint density at radius 3 is 1.77 bits per heavy atom. The minimum Gasteiger partial charge on any atom is -0.237 e. The Morgan fingerprint density at radius 2 is 1.23 bits per heavy atom. The zero-order chi connectivity index (χ0) is 15.6. The van der Waals surface area contributed by atoms with Gasteiger partial charge in [-0.1, -0.05) is 87.4 Å². The number of hydrogen-bond donors (Lipinski definition) is 0. The van der Waals surface area contributed by atoms with Gasteiger partial charge in [0.15, 0.2) is 5.82 Å². The third-order valence-corrected chi connectivity index (χ3v) is 3.26. The number of rotatable bonds is 3. The molecule has 1 aromatic heterocycles. The van der Waals surface area contributed by atoms with E-state index in [1.807, 2.05) is 54.6 Å². The first-order valence-corrected chi connectivity index (χ1v) is 7.79. The lowest BCUT2D eigenvalue weighted by atomic mass is 10.1. The fourth-order valence-electron chi connectivity index (χ4n) is 1.85. The Morgan fingerprint density at radius 1 is 0.682 bits per heavy atom. The fraction of sp³-hybridized carbons (Fsp3) is 0.200. The smallest absolute Gasteiger partial charge is 0.159 e. The lowest BCUT2D eigenvalue weighted by Crippen LogP contribution is -1.90. The van der Waals surface area contributed by atoms with Crippen molar-refractivity contribution in [1.82, 2.24) is 9.97 Å². The standard InChI is InChI=1S/C16H12N2.C4H10/c1-3-7-13(8-4-1)15-11-12-17-16(18-15)14-9-5-2-6-10-14;1-3-4-2/h1-12H;3-4H2,1-2H3. The van der Waals surface area contributed by atoms with Crippen LogP contribution in [-0.4, -0.2) is 9.97 Å². The highest BCUT2D eigenvalue weighted by Gasteiger charge is 2.03. The molecule has 0 aliphatic carbocycles. The molecule has 0 amide bonds. The molecule has 1 heterocycles. The Balaban J connectivity index is 0.000000396. The normalized spacial score (nSPS) is 9.73. The van der Waals surface area contributed by atoms with Gasteiger partial charge in [0.2, 0.25) is 0 Å². The summed E-state index contributed by atoms with van der Waals surface area (Å²) in [7, 11) is 0. The molecule has 2 nitrogen and oxygen atoms in total. The monoisotopic (exact) mass is 290 g/mol. The van der Waals surface area contributed by atoms with E-state index in [4.69, 9.17) is 0 Å².